The van der Waals surface area contributed by atoms with Gasteiger partial charge >= 0.3 is 0 Å². The van der Waals surface area contributed by atoms with Crippen molar-refractivity contribution >= 4 is 22.7 Å². The molecule has 1 aliphatic rings. The lowest BCUT2D eigenvalue weighted by molar-refractivity contribution is 0.174. The summed E-state index contributed by atoms with van der Waals surface area (Å²) in [5.74, 6) is 3.24. The smallest absolute Gasteiger partial charge is 0.243 e. The van der Waals surface area contributed by atoms with Gasteiger partial charge in [0.05, 0.1) is 11.0 Å². The predicted octanol–water partition coefficient (Wildman–Crippen LogP) is 5.52. The molecule has 7 nitrogen and oxygen atoms in total. The molecule has 7 heteroatoms. The predicted molar refractivity (Wildman–Crippen MR) is 115 cm³/mol. The molecule has 2 N–H and O–H groups in total. The van der Waals surface area contributed by atoms with E-state index in [-0.39, 0.29) is 12.2 Å². The van der Waals surface area contributed by atoms with Crippen LogP contribution in [0.1, 0.15) is 26.3 Å². The number of anilines is 2. The van der Waals surface area contributed by atoms with Crippen LogP contribution in [0.5, 0.6) is 23.1 Å². The van der Waals surface area contributed by atoms with Crippen molar-refractivity contribution in [2.24, 2.45) is 0 Å². The molecule has 3 heterocycles. The quantitative estimate of drug-likeness (QED) is 0.468. The summed E-state index contributed by atoms with van der Waals surface area (Å²) >= 11 is 0. The van der Waals surface area contributed by atoms with E-state index in [1.807, 2.05) is 42.5 Å². The first-order valence-corrected chi connectivity index (χ1v) is 9.76. The number of hydrogen-bond acceptors (Lipinski definition) is 6. The third-order valence-corrected chi connectivity index (χ3v) is 4.90. The SMILES string of the molecule is CC(C)(C)c1ccccc1Oc1ncccc1Nc1nc2cc3c(cc2[nH]1)OCO3. The van der Waals surface area contributed by atoms with Gasteiger partial charge in [0.25, 0.3) is 0 Å². The molecule has 5 rings (SSSR count). The molecule has 0 saturated carbocycles. The van der Waals surface area contributed by atoms with E-state index in [1.165, 1.54) is 0 Å². The third kappa shape index (κ3) is 3.39. The molecule has 0 unspecified atom stereocenters. The van der Waals surface area contributed by atoms with Crippen molar-refractivity contribution in [2.45, 2.75) is 26.2 Å². The molecule has 0 fully saturated rings. The number of nitrogens with zero attached hydrogens (tertiary/aromatic N) is 2. The zero-order chi connectivity index (χ0) is 20.7. The van der Waals surface area contributed by atoms with Crippen LogP contribution in [0, 0.1) is 0 Å². The number of ether oxygens (including phenoxy) is 3. The summed E-state index contributed by atoms with van der Waals surface area (Å²) in [7, 11) is 0. The summed E-state index contributed by atoms with van der Waals surface area (Å²) in [6.45, 7) is 6.71. The first-order valence-electron chi connectivity index (χ1n) is 9.76. The number of para-hydroxylation sites is 1. The second-order valence-corrected chi connectivity index (χ2v) is 8.14. The molecule has 0 radical (unpaired) electrons. The molecule has 152 valence electrons. The standard InChI is InChI=1S/C23H22N4O3/c1-23(2,3)14-7-4-5-9-18(14)30-21-15(8-6-10-24-21)25-22-26-16-11-19-20(29-13-28-19)12-17(16)27-22/h4-12H,13H2,1-3H3,(H2,25,26,27). The van der Waals surface area contributed by atoms with Gasteiger partial charge in [0.2, 0.25) is 18.6 Å². The molecule has 0 saturated heterocycles. The Bertz CT molecular complexity index is 1190. The second kappa shape index (κ2) is 6.95. The molecule has 0 atom stereocenters. The Labute approximate surface area is 174 Å². The van der Waals surface area contributed by atoms with Gasteiger partial charge in [-0.3, -0.25) is 0 Å². The molecular formula is C23H22N4O3. The summed E-state index contributed by atoms with van der Waals surface area (Å²) in [6, 6.07) is 15.5. The zero-order valence-electron chi connectivity index (χ0n) is 17.0. The number of fused-ring (bicyclic) bond motifs is 2. The van der Waals surface area contributed by atoms with Gasteiger partial charge in [0.15, 0.2) is 11.5 Å². The first-order chi connectivity index (χ1) is 14.5. The molecule has 0 aliphatic carbocycles. The van der Waals surface area contributed by atoms with Crippen LogP contribution in [0.2, 0.25) is 0 Å². The van der Waals surface area contributed by atoms with E-state index in [9.17, 15) is 0 Å². The van der Waals surface area contributed by atoms with Crippen LogP contribution >= 0.6 is 0 Å². The maximum absolute atomic E-state index is 6.22. The molecule has 0 bridgehead atoms. The largest absolute Gasteiger partial charge is 0.454 e. The highest BCUT2D eigenvalue weighted by Crippen LogP contribution is 2.38. The van der Waals surface area contributed by atoms with Crippen LogP contribution in [0.25, 0.3) is 11.0 Å². The van der Waals surface area contributed by atoms with Crippen molar-refractivity contribution in [3.05, 3.63) is 60.3 Å². The zero-order valence-corrected chi connectivity index (χ0v) is 17.0. The first kappa shape index (κ1) is 18.3. The lowest BCUT2D eigenvalue weighted by Crippen LogP contribution is -2.12. The number of pyridine rings is 1. The molecule has 2 aromatic carbocycles. The fourth-order valence-electron chi connectivity index (χ4n) is 3.43. The van der Waals surface area contributed by atoms with E-state index >= 15 is 0 Å². The van der Waals surface area contributed by atoms with Gasteiger partial charge in [-0.05, 0) is 23.6 Å². The van der Waals surface area contributed by atoms with Crippen molar-refractivity contribution in [2.75, 3.05) is 12.1 Å². The summed E-state index contributed by atoms with van der Waals surface area (Å²) in [4.78, 5) is 12.3. The molecule has 0 spiro atoms. The molecule has 2 aromatic heterocycles. The van der Waals surface area contributed by atoms with Crippen LogP contribution in [-0.4, -0.2) is 21.7 Å². The van der Waals surface area contributed by atoms with E-state index in [4.69, 9.17) is 14.2 Å². The second-order valence-electron chi connectivity index (χ2n) is 8.14. The Morgan fingerprint density at radius 2 is 1.83 bits per heavy atom. The monoisotopic (exact) mass is 402 g/mol. The number of benzene rings is 2. The highest BCUT2D eigenvalue weighted by atomic mass is 16.7. The maximum Gasteiger partial charge on any atom is 0.243 e. The van der Waals surface area contributed by atoms with Gasteiger partial charge in [-0.1, -0.05) is 39.0 Å². The van der Waals surface area contributed by atoms with E-state index in [0.29, 0.717) is 29.0 Å². The van der Waals surface area contributed by atoms with E-state index < -0.39 is 0 Å². The van der Waals surface area contributed by atoms with Crippen LogP contribution < -0.4 is 19.5 Å². The van der Waals surface area contributed by atoms with Crippen LogP contribution in [-0.2, 0) is 5.41 Å². The number of H-pyrrole nitrogens is 1. The average Bonchev–Trinajstić information content (AvgIpc) is 3.32. The molecular weight excluding hydrogens is 380 g/mol. The Balaban J connectivity index is 1.46. The Morgan fingerprint density at radius 1 is 1.03 bits per heavy atom. The Morgan fingerprint density at radius 3 is 2.67 bits per heavy atom. The van der Waals surface area contributed by atoms with Gasteiger partial charge in [0.1, 0.15) is 11.4 Å². The topological polar surface area (TPSA) is 81.3 Å². The number of rotatable bonds is 4. The summed E-state index contributed by atoms with van der Waals surface area (Å²) in [5, 5.41) is 3.28. The van der Waals surface area contributed by atoms with E-state index in [0.717, 1.165) is 22.3 Å². The van der Waals surface area contributed by atoms with Gasteiger partial charge in [-0.2, -0.15) is 0 Å². The summed E-state index contributed by atoms with van der Waals surface area (Å²) in [5.41, 5.74) is 3.40. The van der Waals surface area contributed by atoms with Gasteiger partial charge < -0.3 is 24.5 Å². The highest BCUT2D eigenvalue weighted by molar-refractivity contribution is 5.82. The number of nitrogens with one attached hydrogen (secondary N) is 2. The minimum atomic E-state index is -0.0533. The van der Waals surface area contributed by atoms with Gasteiger partial charge in [0, 0.05) is 23.9 Å². The van der Waals surface area contributed by atoms with E-state index in [2.05, 4.69) is 47.1 Å². The number of aromatic amines is 1. The number of hydrogen-bond donors (Lipinski definition) is 2. The average molecular weight is 402 g/mol. The lowest BCUT2D eigenvalue weighted by atomic mass is 9.86. The Kier molecular flexibility index (Phi) is 4.24. The van der Waals surface area contributed by atoms with Crippen molar-refractivity contribution < 1.29 is 14.2 Å². The van der Waals surface area contributed by atoms with Crippen molar-refractivity contribution in [1.82, 2.24) is 15.0 Å². The third-order valence-electron chi connectivity index (χ3n) is 4.90. The molecule has 1 aliphatic heterocycles. The summed E-state index contributed by atoms with van der Waals surface area (Å²) < 4.78 is 17.1. The molecule has 30 heavy (non-hydrogen) atoms. The highest BCUT2D eigenvalue weighted by Gasteiger charge is 2.20. The molecule has 0 amide bonds. The van der Waals surface area contributed by atoms with Crippen LogP contribution in [0.15, 0.2) is 54.7 Å². The van der Waals surface area contributed by atoms with Crippen molar-refractivity contribution in [3.8, 4) is 23.1 Å². The minimum absolute atomic E-state index is 0.0533. The maximum atomic E-state index is 6.22. The van der Waals surface area contributed by atoms with Crippen molar-refractivity contribution in [1.29, 1.82) is 0 Å². The fraction of sp³-hybridized carbons (Fsp3) is 0.217. The van der Waals surface area contributed by atoms with E-state index in [1.54, 1.807) is 6.20 Å². The van der Waals surface area contributed by atoms with Crippen molar-refractivity contribution in [3.63, 3.8) is 0 Å². The fourth-order valence-corrected chi connectivity index (χ4v) is 3.43. The molecule has 4 aromatic rings. The van der Waals surface area contributed by atoms with Crippen LogP contribution in [0.4, 0.5) is 11.6 Å². The summed E-state index contributed by atoms with van der Waals surface area (Å²) in [6.07, 6.45) is 1.71. The lowest BCUT2D eigenvalue weighted by Gasteiger charge is -2.22. The minimum Gasteiger partial charge on any atom is -0.454 e. The van der Waals surface area contributed by atoms with Gasteiger partial charge in [-0.25, -0.2) is 9.97 Å². The Hall–Kier alpha value is -3.74. The number of imidazole rings is 1. The van der Waals surface area contributed by atoms with Crippen LogP contribution in [0.3, 0.4) is 0 Å². The number of aromatic nitrogens is 3. The van der Waals surface area contributed by atoms with Gasteiger partial charge in [-0.15, -0.1) is 0 Å². The normalized spacial score (nSPS) is 12.9.